The van der Waals surface area contributed by atoms with Crippen molar-refractivity contribution in [3.8, 4) is 0 Å². The van der Waals surface area contributed by atoms with Crippen molar-refractivity contribution < 1.29 is 9.59 Å². The van der Waals surface area contributed by atoms with Crippen molar-refractivity contribution in [2.24, 2.45) is 5.92 Å². The van der Waals surface area contributed by atoms with Gasteiger partial charge >= 0.3 is 0 Å². The number of likely N-dealkylation sites (tertiary alicyclic amines) is 1. The molecule has 25 heavy (non-hydrogen) atoms. The van der Waals surface area contributed by atoms with Crippen LogP contribution in [0, 0.1) is 5.92 Å². The number of hydrogen-bond acceptors (Lipinski definition) is 3. The lowest BCUT2D eigenvalue weighted by Gasteiger charge is -2.23. The normalized spacial score (nSPS) is 16.6. The fourth-order valence-corrected chi connectivity index (χ4v) is 4.20. The molecule has 1 aromatic carbocycles. The molecule has 5 heteroatoms. The fourth-order valence-electron chi connectivity index (χ4n) is 3.02. The molecule has 0 radical (unpaired) electrons. The Morgan fingerprint density at radius 2 is 1.96 bits per heavy atom. The fraction of sp³-hybridized carbons (Fsp3) is 0.600. The van der Waals surface area contributed by atoms with Crippen LogP contribution in [0.2, 0.25) is 0 Å². The highest BCUT2D eigenvalue weighted by atomic mass is 32.2. The van der Waals surface area contributed by atoms with Crippen molar-refractivity contribution in [2.45, 2.75) is 50.5 Å². The van der Waals surface area contributed by atoms with E-state index in [0.29, 0.717) is 19.5 Å². The topological polar surface area (TPSA) is 49.4 Å². The third-order valence-electron chi connectivity index (χ3n) is 4.49. The lowest BCUT2D eigenvalue weighted by atomic mass is 10.1. The van der Waals surface area contributed by atoms with Crippen LogP contribution in [0.3, 0.4) is 0 Å². The first-order chi connectivity index (χ1) is 12.1. The summed E-state index contributed by atoms with van der Waals surface area (Å²) in [6.45, 7) is 6.16. The first kappa shape index (κ1) is 19.8. The number of thioether (sulfide) groups is 1. The molecule has 1 aliphatic heterocycles. The van der Waals surface area contributed by atoms with E-state index in [0.717, 1.165) is 31.6 Å². The Kier molecular flexibility index (Phi) is 8.32. The molecule has 0 aromatic heterocycles. The molecule has 1 atom stereocenters. The summed E-state index contributed by atoms with van der Waals surface area (Å²) < 4.78 is 0. The van der Waals surface area contributed by atoms with E-state index in [1.807, 2.05) is 23.1 Å². The SMILES string of the molecule is CC(C)C(SCc1ccccc1)C(=O)NCCN1CCCCCC1=O. The van der Waals surface area contributed by atoms with Gasteiger partial charge in [-0.25, -0.2) is 0 Å². The van der Waals surface area contributed by atoms with Gasteiger partial charge in [0, 0.05) is 31.8 Å². The molecule has 0 bridgehead atoms. The van der Waals surface area contributed by atoms with Crippen molar-refractivity contribution in [1.82, 2.24) is 10.2 Å². The number of rotatable bonds is 8. The molecule has 1 saturated heterocycles. The summed E-state index contributed by atoms with van der Waals surface area (Å²) in [7, 11) is 0. The van der Waals surface area contributed by atoms with E-state index in [9.17, 15) is 9.59 Å². The summed E-state index contributed by atoms with van der Waals surface area (Å²) in [6.07, 6.45) is 3.84. The molecule has 1 N–H and O–H groups in total. The van der Waals surface area contributed by atoms with E-state index in [1.165, 1.54) is 5.56 Å². The number of nitrogens with one attached hydrogen (secondary N) is 1. The minimum Gasteiger partial charge on any atom is -0.353 e. The first-order valence-corrected chi connectivity index (χ1v) is 10.3. The lowest BCUT2D eigenvalue weighted by molar-refractivity contribution is -0.131. The zero-order valence-electron chi connectivity index (χ0n) is 15.4. The van der Waals surface area contributed by atoms with Crippen molar-refractivity contribution >= 4 is 23.6 Å². The molecule has 2 rings (SSSR count). The summed E-state index contributed by atoms with van der Waals surface area (Å²) in [4.78, 5) is 26.5. The van der Waals surface area contributed by atoms with Crippen LogP contribution in [0.15, 0.2) is 30.3 Å². The molecule has 138 valence electrons. The van der Waals surface area contributed by atoms with E-state index in [1.54, 1.807) is 11.8 Å². The van der Waals surface area contributed by atoms with Crippen LogP contribution < -0.4 is 5.32 Å². The van der Waals surface area contributed by atoms with E-state index in [4.69, 9.17) is 0 Å². The Bertz CT molecular complexity index is 548. The Balaban J connectivity index is 1.78. The van der Waals surface area contributed by atoms with Gasteiger partial charge < -0.3 is 10.2 Å². The van der Waals surface area contributed by atoms with Crippen LogP contribution in [0.25, 0.3) is 0 Å². The maximum Gasteiger partial charge on any atom is 0.233 e. The molecule has 1 aliphatic rings. The number of carbonyl (C=O) groups is 2. The van der Waals surface area contributed by atoms with Crippen LogP contribution in [-0.4, -0.2) is 41.6 Å². The second kappa shape index (κ2) is 10.5. The van der Waals surface area contributed by atoms with Gasteiger partial charge in [0.15, 0.2) is 0 Å². The maximum absolute atomic E-state index is 12.6. The van der Waals surface area contributed by atoms with Gasteiger partial charge in [-0.1, -0.05) is 50.6 Å². The minimum absolute atomic E-state index is 0.0694. The van der Waals surface area contributed by atoms with E-state index >= 15 is 0 Å². The number of nitrogens with zero attached hydrogens (tertiary/aromatic N) is 1. The highest BCUT2D eigenvalue weighted by molar-refractivity contribution is 7.99. The molecule has 1 heterocycles. The van der Waals surface area contributed by atoms with Crippen LogP contribution >= 0.6 is 11.8 Å². The Hall–Kier alpha value is -1.49. The average molecular weight is 363 g/mol. The van der Waals surface area contributed by atoms with Crippen LogP contribution in [0.1, 0.15) is 45.1 Å². The van der Waals surface area contributed by atoms with Crippen LogP contribution in [-0.2, 0) is 15.3 Å². The third kappa shape index (κ3) is 6.73. The predicted molar refractivity (Wildman–Crippen MR) is 104 cm³/mol. The third-order valence-corrected chi connectivity index (χ3v) is 6.11. The van der Waals surface area contributed by atoms with Crippen molar-refractivity contribution in [3.63, 3.8) is 0 Å². The van der Waals surface area contributed by atoms with Gasteiger partial charge in [-0.2, -0.15) is 0 Å². The monoisotopic (exact) mass is 362 g/mol. The van der Waals surface area contributed by atoms with Gasteiger partial charge in [-0.05, 0) is 24.3 Å². The zero-order valence-corrected chi connectivity index (χ0v) is 16.2. The van der Waals surface area contributed by atoms with Crippen molar-refractivity contribution in [3.05, 3.63) is 35.9 Å². The number of benzene rings is 1. The van der Waals surface area contributed by atoms with Crippen LogP contribution in [0.4, 0.5) is 0 Å². The zero-order chi connectivity index (χ0) is 18.1. The Morgan fingerprint density at radius 1 is 1.20 bits per heavy atom. The summed E-state index contributed by atoms with van der Waals surface area (Å²) in [5.74, 6) is 1.42. The Labute approximate surface area is 155 Å². The molecule has 4 nitrogen and oxygen atoms in total. The molecule has 0 spiro atoms. The summed E-state index contributed by atoms with van der Waals surface area (Å²) >= 11 is 1.69. The molecular formula is C20H30N2O2S. The standard InChI is InChI=1S/C20H30N2O2S/c1-16(2)19(25-15-17-9-5-3-6-10-17)20(24)21-12-14-22-13-8-4-7-11-18(22)23/h3,5-6,9-10,16,19H,4,7-8,11-15H2,1-2H3,(H,21,24). The van der Waals surface area contributed by atoms with E-state index < -0.39 is 0 Å². The molecule has 1 fully saturated rings. The van der Waals surface area contributed by atoms with E-state index in [-0.39, 0.29) is 23.0 Å². The number of carbonyl (C=O) groups excluding carboxylic acids is 2. The minimum atomic E-state index is -0.0694. The molecular weight excluding hydrogens is 332 g/mol. The smallest absolute Gasteiger partial charge is 0.233 e. The van der Waals surface area contributed by atoms with Gasteiger partial charge in [0.2, 0.25) is 11.8 Å². The molecule has 0 saturated carbocycles. The van der Waals surface area contributed by atoms with Gasteiger partial charge in [0.1, 0.15) is 0 Å². The quantitative estimate of drug-likeness (QED) is 0.770. The lowest BCUT2D eigenvalue weighted by Crippen LogP contribution is -2.42. The molecule has 2 amide bonds. The highest BCUT2D eigenvalue weighted by Crippen LogP contribution is 2.24. The van der Waals surface area contributed by atoms with Crippen LogP contribution in [0.5, 0.6) is 0 Å². The second-order valence-electron chi connectivity index (χ2n) is 6.94. The highest BCUT2D eigenvalue weighted by Gasteiger charge is 2.23. The first-order valence-electron chi connectivity index (χ1n) is 9.29. The summed E-state index contributed by atoms with van der Waals surface area (Å²) in [5, 5.41) is 2.97. The number of hydrogen-bond donors (Lipinski definition) is 1. The molecule has 1 unspecified atom stereocenters. The number of amides is 2. The average Bonchev–Trinajstić information content (AvgIpc) is 2.80. The van der Waals surface area contributed by atoms with E-state index in [2.05, 4.69) is 31.3 Å². The van der Waals surface area contributed by atoms with Gasteiger partial charge in [0.25, 0.3) is 0 Å². The second-order valence-corrected chi connectivity index (χ2v) is 8.07. The van der Waals surface area contributed by atoms with Gasteiger partial charge in [-0.3, -0.25) is 9.59 Å². The summed E-state index contributed by atoms with van der Waals surface area (Å²) in [5.41, 5.74) is 1.24. The van der Waals surface area contributed by atoms with Gasteiger partial charge in [0.05, 0.1) is 5.25 Å². The van der Waals surface area contributed by atoms with Crippen molar-refractivity contribution in [2.75, 3.05) is 19.6 Å². The Morgan fingerprint density at radius 3 is 2.68 bits per heavy atom. The maximum atomic E-state index is 12.6. The van der Waals surface area contributed by atoms with Crippen molar-refractivity contribution in [1.29, 1.82) is 0 Å². The summed E-state index contributed by atoms with van der Waals surface area (Å²) in [6, 6.07) is 10.2. The molecule has 0 aliphatic carbocycles. The predicted octanol–water partition coefficient (Wildman–Crippen LogP) is 3.46. The molecule has 1 aromatic rings. The van der Waals surface area contributed by atoms with Gasteiger partial charge in [-0.15, -0.1) is 11.8 Å². The largest absolute Gasteiger partial charge is 0.353 e.